The molecule has 9 heteroatoms. The van der Waals surface area contributed by atoms with Crippen LogP contribution in [0.2, 0.25) is 10.0 Å². The lowest BCUT2D eigenvalue weighted by atomic mass is 9.86. The quantitative estimate of drug-likeness (QED) is 0.526. The highest BCUT2D eigenvalue weighted by molar-refractivity contribution is 6.31. The van der Waals surface area contributed by atoms with Crippen molar-refractivity contribution in [3.63, 3.8) is 0 Å². The highest BCUT2D eigenvalue weighted by Crippen LogP contribution is 2.41. The topological polar surface area (TPSA) is 101 Å². The SMILES string of the molecule is O=C(O)c1c(O)c(=O)ccn1NCCC1c2cc(Cl)ccc2COc2ccc(Cl)cc21. The molecule has 3 aromatic rings. The molecule has 0 radical (unpaired) electrons. The number of aromatic hydroxyl groups is 1. The molecule has 0 saturated carbocycles. The number of aromatic nitrogens is 1. The van der Waals surface area contributed by atoms with Crippen LogP contribution in [0.4, 0.5) is 0 Å². The van der Waals surface area contributed by atoms with E-state index >= 15 is 0 Å². The predicted molar refractivity (Wildman–Crippen MR) is 117 cm³/mol. The molecule has 4 rings (SSSR count). The number of fused-ring (bicyclic) bond motifs is 2. The highest BCUT2D eigenvalue weighted by Gasteiger charge is 2.25. The molecule has 1 atom stereocenters. The number of ether oxygens (including phenoxy) is 1. The Labute approximate surface area is 187 Å². The third-order valence-corrected chi connectivity index (χ3v) is 5.68. The van der Waals surface area contributed by atoms with E-state index in [1.165, 1.54) is 6.20 Å². The van der Waals surface area contributed by atoms with Crippen molar-refractivity contribution in [1.82, 2.24) is 4.68 Å². The predicted octanol–water partition coefficient (Wildman–Crippen LogP) is 4.22. The average Bonchev–Trinajstić information content (AvgIpc) is 2.87. The monoisotopic (exact) mass is 460 g/mol. The Balaban J connectivity index is 1.67. The zero-order valence-corrected chi connectivity index (χ0v) is 17.7. The Bertz CT molecular complexity index is 1170. The molecule has 0 saturated heterocycles. The van der Waals surface area contributed by atoms with E-state index in [1.807, 2.05) is 30.3 Å². The van der Waals surface area contributed by atoms with Crippen LogP contribution in [-0.2, 0) is 6.61 Å². The fourth-order valence-electron chi connectivity index (χ4n) is 3.77. The van der Waals surface area contributed by atoms with Crippen molar-refractivity contribution in [2.45, 2.75) is 18.9 Å². The molecular weight excluding hydrogens is 443 g/mol. The molecule has 1 aromatic heterocycles. The zero-order valence-electron chi connectivity index (χ0n) is 16.1. The van der Waals surface area contributed by atoms with Crippen molar-refractivity contribution >= 4 is 29.2 Å². The summed E-state index contributed by atoms with van der Waals surface area (Å²) >= 11 is 12.5. The van der Waals surface area contributed by atoms with Crippen LogP contribution in [0.25, 0.3) is 0 Å². The number of carboxylic acids is 1. The second kappa shape index (κ2) is 8.53. The Morgan fingerprint density at radius 1 is 1.13 bits per heavy atom. The molecule has 1 unspecified atom stereocenters. The molecule has 160 valence electrons. The van der Waals surface area contributed by atoms with Gasteiger partial charge >= 0.3 is 5.97 Å². The number of benzene rings is 2. The average molecular weight is 461 g/mol. The van der Waals surface area contributed by atoms with E-state index in [1.54, 1.807) is 6.07 Å². The van der Waals surface area contributed by atoms with Gasteiger partial charge in [0, 0.05) is 40.3 Å². The summed E-state index contributed by atoms with van der Waals surface area (Å²) in [6, 6.07) is 12.2. The van der Waals surface area contributed by atoms with Crippen LogP contribution < -0.4 is 15.6 Å². The Kier molecular flexibility index (Phi) is 5.80. The van der Waals surface area contributed by atoms with Crippen molar-refractivity contribution in [3.05, 3.63) is 91.3 Å². The number of carboxylic acid groups (broad SMARTS) is 1. The third-order valence-electron chi connectivity index (χ3n) is 5.21. The van der Waals surface area contributed by atoms with E-state index in [9.17, 15) is 19.8 Å². The molecule has 0 amide bonds. The van der Waals surface area contributed by atoms with E-state index in [0.29, 0.717) is 35.4 Å². The van der Waals surface area contributed by atoms with E-state index in [0.717, 1.165) is 27.4 Å². The summed E-state index contributed by atoms with van der Waals surface area (Å²) in [5.74, 6) is -1.65. The Hall–Kier alpha value is -3.16. The van der Waals surface area contributed by atoms with Gasteiger partial charge in [0.1, 0.15) is 12.4 Å². The fourth-order valence-corrected chi connectivity index (χ4v) is 4.13. The van der Waals surface area contributed by atoms with E-state index in [2.05, 4.69) is 5.43 Å². The maximum atomic E-state index is 11.6. The Morgan fingerprint density at radius 3 is 2.58 bits per heavy atom. The van der Waals surface area contributed by atoms with Crippen LogP contribution in [-0.4, -0.2) is 27.4 Å². The van der Waals surface area contributed by atoms with Gasteiger partial charge in [0.15, 0.2) is 11.4 Å². The van der Waals surface area contributed by atoms with Gasteiger partial charge in [-0.1, -0.05) is 29.3 Å². The number of nitrogens with one attached hydrogen (secondary N) is 1. The smallest absolute Gasteiger partial charge is 0.358 e. The van der Waals surface area contributed by atoms with Crippen molar-refractivity contribution < 1.29 is 19.7 Å². The van der Waals surface area contributed by atoms with E-state index in [4.69, 9.17) is 27.9 Å². The summed E-state index contributed by atoms with van der Waals surface area (Å²) in [4.78, 5) is 23.1. The standard InChI is InChI=1S/C22H18Cl2N2O5/c23-13-2-1-12-11-31-19-4-3-14(24)10-17(19)15(16(12)9-13)5-7-25-26-8-6-18(27)21(28)20(26)22(29)30/h1-4,6,8-10,15,25,28H,5,7,11H2,(H,29,30). The van der Waals surface area contributed by atoms with Gasteiger partial charge in [-0.2, -0.15) is 0 Å². The summed E-state index contributed by atoms with van der Waals surface area (Å²) in [5.41, 5.74) is 4.56. The first-order valence-electron chi connectivity index (χ1n) is 9.47. The minimum atomic E-state index is -1.42. The minimum Gasteiger partial charge on any atom is -0.502 e. The first-order chi connectivity index (χ1) is 14.8. The minimum absolute atomic E-state index is 0.126. The molecule has 0 bridgehead atoms. The summed E-state index contributed by atoms with van der Waals surface area (Å²) in [7, 11) is 0. The molecule has 1 aliphatic rings. The molecule has 31 heavy (non-hydrogen) atoms. The lowest BCUT2D eigenvalue weighted by Crippen LogP contribution is -2.26. The number of aromatic carboxylic acids is 1. The third kappa shape index (κ3) is 4.19. The van der Waals surface area contributed by atoms with Gasteiger partial charge in [-0.15, -0.1) is 0 Å². The van der Waals surface area contributed by atoms with Crippen LogP contribution in [0.5, 0.6) is 11.5 Å². The molecule has 0 aliphatic carbocycles. The first kappa shape index (κ1) is 21.1. The molecule has 3 N–H and O–H groups in total. The van der Waals surface area contributed by atoms with Gasteiger partial charge in [0.05, 0.1) is 0 Å². The lowest BCUT2D eigenvalue weighted by molar-refractivity contribution is 0.0681. The molecular formula is C22H18Cl2N2O5. The normalized spacial score (nSPS) is 14.7. The van der Waals surface area contributed by atoms with Crippen LogP contribution in [0, 0.1) is 0 Å². The highest BCUT2D eigenvalue weighted by atomic mass is 35.5. The molecule has 1 aliphatic heterocycles. The number of nitrogens with zero attached hydrogens (tertiary/aromatic N) is 1. The molecule has 2 heterocycles. The maximum Gasteiger partial charge on any atom is 0.358 e. The Morgan fingerprint density at radius 2 is 1.84 bits per heavy atom. The summed E-state index contributed by atoms with van der Waals surface area (Å²) in [6.07, 6.45) is 1.81. The number of hydrogen-bond acceptors (Lipinski definition) is 5. The first-order valence-corrected chi connectivity index (χ1v) is 10.2. The largest absolute Gasteiger partial charge is 0.502 e. The van der Waals surface area contributed by atoms with Crippen molar-refractivity contribution in [2.24, 2.45) is 0 Å². The number of pyridine rings is 1. The maximum absolute atomic E-state index is 11.6. The molecule has 0 fully saturated rings. The van der Waals surface area contributed by atoms with Crippen LogP contribution in [0.15, 0.2) is 53.5 Å². The van der Waals surface area contributed by atoms with Gasteiger partial charge in [-0.05, 0) is 47.9 Å². The zero-order chi connectivity index (χ0) is 22.1. The van der Waals surface area contributed by atoms with Gasteiger partial charge in [0.25, 0.3) is 0 Å². The number of rotatable bonds is 5. The molecule has 2 aromatic carbocycles. The van der Waals surface area contributed by atoms with E-state index in [-0.39, 0.29) is 5.92 Å². The van der Waals surface area contributed by atoms with Crippen molar-refractivity contribution in [1.29, 1.82) is 0 Å². The summed E-state index contributed by atoms with van der Waals surface area (Å²) in [6.45, 7) is 0.715. The number of halogens is 2. The van der Waals surface area contributed by atoms with Crippen LogP contribution in [0.1, 0.15) is 39.5 Å². The van der Waals surface area contributed by atoms with Gasteiger partial charge in [-0.3, -0.25) is 9.47 Å². The second-order valence-electron chi connectivity index (χ2n) is 7.12. The van der Waals surface area contributed by atoms with Gasteiger partial charge in [0.2, 0.25) is 5.43 Å². The van der Waals surface area contributed by atoms with E-state index < -0.39 is 22.8 Å². The summed E-state index contributed by atoms with van der Waals surface area (Å²) < 4.78 is 7.10. The van der Waals surface area contributed by atoms with Gasteiger partial charge < -0.3 is 20.4 Å². The number of carbonyl (C=O) groups is 1. The second-order valence-corrected chi connectivity index (χ2v) is 7.99. The van der Waals surface area contributed by atoms with Crippen molar-refractivity contribution in [3.8, 4) is 11.5 Å². The van der Waals surface area contributed by atoms with Crippen LogP contribution >= 0.6 is 23.2 Å². The lowest BCUT2D eigenvalue weighted by Gasteiger charge is -2.21. The van der Waals surface area contributed by atoms with Gasteiger partial charge in [-0.25, -0.2) is 4.79 Å². The fraction of sp³-hybridized carbons (Fsp3) is 0.182. The van der Waals surface area contributed by atoms with Crippen LogP contribution in [0.3, 0.4) is 0 Å². The molecule has 0 spiro atoms. The van der Waals surface area contributed by atoms with Crippen molar-refractivity contribution in [2.75, 3.05) is 12.0 Å². The summed E-state index contributed by atoms with van der Waals surface area (Å²) in [5, 5.41) is 20.4. The molecule has 7 nitrogen and oxygen atoms in total. The number of hydrogen-bond donors (Lipinski definition) is 3.